The molecule has 124 valence electrons. The lowest BCUT2D eigenvalue weighted by Crippen LogP contribution is -2.47. The third-order valence-electron chi connectivity index (χ3n) is 5.48. The first-order valence-corrected chi connectivity index (χ1v) is 9.08. The molecule has 0 spiro atoms. The van der Waals surface area contributed by atoms with E-state index in [1.165, 1.54) is 25.7 Å². The van der Waals surface area contributed by atoms with Crippen molar-refractivity contribution in [2.75, 3.05) is 26.2 Å². The zero-order chi connectivity index (χ0) is 15.4. The maximum absolute atomic E-state index is 12.4. The molecule has 2 aliphatic carbocycles. The number of hydrogen-bond acceptors (Lipinski definition) is 2. The van der Waals surface area contributed by atoms with Crippen LogP contribution in [0.3, 0.4) is 0 Å². The van der Waals surface area contributed by atoms with E-state index in [4.69, 9.17) is 0 Å². The minimum Gasteiger partial charge on any atom is -0.341 e. The first-order valence-electron chi connectivity index (χ1n) is 9.08. The van der Waals surface area contributed by atoms with E-state index >= 15 is 0 Å². The molecule has 0 aromatic carbocycles. The van der Waals surface area contributed by atoms with Crippen LogP contribution in [0.25, 0.3) is 0 Å². The summed E-state index contributed by atoms with van der Waals surface area (Å²) in [5, 5.41) is 3.19. The van der Waals surface area contributed by atoms with E-state index in [0.717, 1.165) is 45.2 Å². The van der Waals surface area contributed by atoms with Crippen LogP contribution in [0.15, 0.2) is 0 Å². The molecule has 1 heterocycles. The second-order valence-electron chi connectivity index (χ2n) is 7.08. The van der Waals surface area contributed by atoms with Crippen molar-refractivity contribution in [3.8, 4) is 0 Å². The van der Waals surface area contributed by atoms with Gasteiger partial charge in [0.25, 0.3) is 0 Å². The van der Waals surface area contributed by atoms with Crippen molar-refractivity contribution in [2.24, 2.45) is 5.92 Å². The van der Waals surface area contributed by atoms with Crippen LogP contribution in [0, 0.1) is 5.92 Å². The highest BCUT2D eigenvalue weighted by atomic mass is 16.2. The number of urea groups is 1. The molecule has 0 aromatic rings. The zero-order valence-corrected chi connectivity index (χ0v) is 13.6. The maximum atomic E-state index is 12.4. The summed E-state index contributed by atoms with van der Waals surface area (Å²) in [7, 11) is 0. The Morgan fingerprint density at radius 3 is 2.09 bits per heavy atom. The van der Waals surface area contributed by atoms with Crippen molar-refractivity contribution < 1.29 is 9.59 Å². The lowest BCUT2D eigenvalue weighted by Gasteiger charge is -2.31. The molecule has 5 heteroatoms. The third kappa shape index (κ3) is 3.73. The van der Waals surface area contributed by atoms with Gasteiger partial charge in [-0.3, -0.25) is 4.79 Å². The number of nitrogens with one attached hydrogen (secondary N) is 1. The number of rotatable bonds is 2. The second kappa shape index (κ2) is 7.34. The minimum absolute atomic E-state index is 0.0739. The fourth-order valence-electron chi connectivity index (χ4n) is 3.77. The third-order valence-corrected chi connectivity index (χ3v) is 5.48. The lowest BCUT2D eigenvalue weighted by molar-refractivity contribution is -0.138. The van der Waals surface area contributed by atoms with E-state index in [9.17, 15) is 9.59 Å². The van der Waals surface area contributed by atoms with Crippen LogP contribution in [0.4, 0.5) is 4.79 Å². The summed E-state index contributed by atoms with van der Waals surface area (Å²) < 4.78 is 0. The maximum Gasteiger partial charge on any atom is 0.317 e. The van der Waals surface area contributed by atoms with Gasteiger partial charge in [-0.25, -0.2) is 4.79 Å². The van der Waals surface area contributed by atoms with E-state index in [1.807, 2.05) is 9.80 Å². The average molecular weight is 307 g/mol. The minimum atomic E-state index is 0.0739. The van der Waals surface area contributed by atoms with Gasteiger partial charge in [-0.2, -0.15) is 0 Å². The smallest absolute Gasteiger partial charge is 0.317 e. The summed E-state index contributed by atoms with van der Waals surface area (Å²) in [5.41, 5.74) is 0. The number of amides is 3. The molecule has 2 saturated carbocycles. The van der Waals surface area contributed by atoms with Gasteiger partial charge in [0, 0.05) is 38.1 Å². The van der Waals surface area contributed by atoms with Crippen molar-refractivity contribution >= 4 is 11.9 Å². The molecule has 0 aromatic heterocycles. The molecule has 3 amide bonds. The van der Waals surface area contributed by atoms with E-state index in [2.05, 4.69) is 5.32 Å². The quantitative estimate of drug-likeness (QED) is 0.851. The van der Waals surface area contributed by atoms with Crippen LogP contribution in [-0.2, 0) is 4.79 Å². The Hall–Kier alpha value is -1.26. The van der Waals surface area contributed by atoms with Crippen molar-refractivity contribution in [3.63, 3.8) is 0 Å². The Balaban J connectivity index is 1.46. The topological polar surface area (TPSA) is 52.7 Å². The van der Waals surface area contributed by atoms with Crippen LogP contribution < -0.4 is 5.32 Å². The van der Waals surface area contributed by atoms with Gasteiger partial charge in [0.2, 0.25) is 5.91 Å². The van der Waals surface area contributed by atoms with Gasteiger partial charge in [-0.05, 0) is 32.1 Å². The van der Waals surface area contributed by atoms with Crippen molar-refractivity contribution in [1.82, 2.24) is 15.1 Å². The Kier molecular flexibility index (Phi) is 5.21. The molecule has 3 fully saturated rings. The second-order valence-corrected chi connectivity index (χ2v) is 7.08. The molecular weight excluding hydrogens is 278 g/mol. The van der Waals surface area contributed by atoms with Crippen molar-refractivity contribution in [3.05, 3.63) is 0 Å². The fraction of sp³-hybridized carbons (Fsp3) is 0.882. The largest absolute Gasteiger partial charge is 0.341 e. The molecule has 22 heavy (non-hydrogen) atoms. The van der Waals surface area contributed by atoms with Gasteiger partial charge in [-0.1, -0.05) is 25.7 Å². The molecule has 0 unspecified atom stereocenters. The molecule has 5 nitrogen and oxygen atoms in total. The summed E-state index contributed by atoms with van der Waals surface area (Å²) >= 11 is 0. The Morgan fingerprint density at radius 2 is 1.41 bits per heavy atom. The van der Waals surface area contributed by atoms with Gasteiger partial charge in [0.05, 0.1) is 0 Å². The van der Waals surface area contributed by atoms with Gasteiger partial charge >= 0.3 is 6.03 Å². The predicted octanol–water partition coefficient (Wildman–Crippen LogP) is 2.36. The summed E-state index contributed by atoms with van der Waals surface area (Å²) in [6.45, 7) is 2.96. The molecule has 0 radical (unpaired) electrons. The van der Waals surface area contributed by atoms with Crippen LogP contribution in [0.1, 0.15) is 57.8 Å². The van der Waals surface area contributed by atoms with E-state index in [-0.39, 0.29) is 11.9 Å². The Labute approximate surface area is 133 Å². The number of carbonyl (C=O) groups excluding carboxylic acids is 2. The summed E-state index contributed by atoms with van der Waals surface area (Å²) in [4.78, 5) is 28.6. The molecular formula is C17H29N3O2. The molecule has 3 rings (SSSR count). The molecule has 1 saturated heterocycles. The normalized spacial score (nSPS) is 24.5. The van der Waals surface area contributed by atoms with Gasteiger partial charge in [-0.15, -0.1) is 0 Å². The van der Waals surface area contributed by atoms with Crippen LogP contribution >= 0.6 is 0 Å². The van der Waals surface area contributed by atoms with E-state index in [0.29, 0.717) is 25.0 Å². The van der Waals surface area contributed by atoms with Crippen molar-refractivity contribution in [1.29, 1.82) is 0 Å². The summed E-state index contributed by atoms with van der Waals surface area (Å²) in [6, 6.07) is 0.432. The predicted molar refractivity (Wildman–Crippen MR) is 85.5 cm³/mol. The zero-order valence-electron chi connectivity index (χ0n) is 13.6. The molecule has 0 bridgehead atoms. The van der Waals surface area contributed by atoms with Crippen LogP contribution in [0.5, 0.6) is 0 Å². The highest BCUT2D eigenvalue weighted by Crippen LogP contribution is 2.28. The molecule has 1 aliphatic heterocycles. The number of nitrogens with zero attached hydrogens (tertiary/aromatic N) is 2. The standard InChI is InChI=1S/C17H29N3O2/c21-16(14-6-4-7-14)19-10-5-11-20(13-12-19)17(22)18-15-8-2-1-3-9-15/h14-15H,1-13H2,(H,18,22). The Bertz CT molecular complexity index is 403. The van der Waals surface area contributed by atoms with Gasteiger partial charge in [0.1, 0.15) is 0 Å². The SMILES string of the molecule is O=C(NC1CCCCC1)N1CCCN(C(=O)C2CCC2)CC1. The monoisotopic (exact) mass is 307 g/mol. The summed E-state index contributed by atoms with van der Waals surface area (Å²) in [5.74, 6) is 0.586. The first-order chi connectivity index (χ1) is 10.7. The van der Waals surface area contributed by atoms with Gasteiger partial charge < -0.3 is 15.1 Å². The Morgan fingerprint density at radius 1 is 0.727 bits per heavy atom. The van der Waals surface area contributed by atoms with Crippen LogP contribution in [0.2, 0.25) is 0 Å². The molecule has 1 N–H and O–H groups in total. The lowest BCUT2D eigenvalue weighted by atomic mass is 9.84. The number of carbonyl (C=O) groups is 2. The average Bonchev–Trinajstić information content (AvgIpc) is 2.72. The van der Waals surface area contributed by atoms with E-state index < -0.39 is 0 Å². The van der Waals surface area contributed by atoms with E-state index in [1.54, 1.807) is 0 Å². The molecule has 3 aliphatic rings. The fourth-order valence-corrected chi connectivity index (χ4v) is 3.77. The van der Waals surface area contributed by atoms with Gasteiger partial charge in [0.15, 0.2) is 0 Å². The van der Waals surface area contributed by atoms with Crippen LogP contribution in [-0.4, -0.2) is 54.0 Å². The molecule has 0 atom stereocenters. The number of hydrogen-bond donors (Lipinski definition) is 1. The highest BCUT2D eigenvalue weighted by molar-refractivity contribution is 5.80. The highest BCUT2D eigenvalue weighted by Gasteiger charge is 2.31. The first kappa shape index (κ1) is 15.6. The summed E-state index contributed by atoms with van der Waals surface area (Å²) in [6.07, 6.45) is 10.2. The van der Waals surface area contributed by atoms with Crippen molar-refractivity contribution in [2.45, 2.75) is 63.8 Å².